The first-order valence-corrected chi connectivity index (χ1v) is 6.64. The molecule has 19 heavy (non-hydrogen) atoms. The maximum absolute atomic E-state index is 11.8. The van der Waals surface area contributed by atoms with Crippen LogP contribution in [0.25, 0.3) is 0 Å². The number of urea groups is 1. The molecular weight excluding hydrogens is 242 g/mol. The summed E-state index contributed by atoms with van der Waals surface area (Å²) in [7, 11) is 0. The average Bonchev–Trinajstić information content (AvgIpc) is 2.73. The Morgan fingerprint density at radius 2 is 2.00 bits per heavy atom. The molecule has 1 heterocycles. The Balaban J connectivity index is 1.83. The molecule has 1 aromatic carbocycles. The molecule has 0 radical (unpaired) electrons. The van der Waals surface area contributed by atoms with Gasteiger partial charge in [0.25, 0.3) is 0 Å². The lowest BCUT2D eigenvalue weighted by Crippen LogP contribution is -2.37. The summed E-state index contributed by atoms with van der Waals surface area (Å²) in [4.78, 5) is 23.2. The van der Waals surface area contributed by atoms with Crippen LogP contribution in [0.15, 0.2) is 24.3 Å². The van der Waals surface area contributed by atoms with E-state index in [1.165, 1.54) is 0 Å². The molecule has 0 saturated carbocycles. The van der Waals surface area contributed by atoms with E-state index in [9.17, 15) is 9.59 Å². The third-order valence-electron chi connectivity index (χ3n) is 3.16. The van der Waals surface area contributed by atoms with E-state index < -0.39 is 0 Å². The molecule has 3 amide bonds. The molecule has 102 valence electrons. The quantitative estimate of drug-likeness (QED) is 0.756. The Bertz CT molecular complexity index is 474. The molecule has 1 atom stereocenters. The van der Waals surface area contributed by atoms with Gasteiger partial charge in [-0.25, -0.2) is 4.79 Å². The zero-order valence-corrected chi connectivity index (χ0v) is 11.0. The Morgan fingerprint density at radius 1 is 1.26 bits per heavy atom. The normalized spacial score (nSPS) is 16.7. The number of amides is 3. The fraction of sp³-hybridized carbons (Fsp3) is 0.429. The van der Waals surface area contributed by atoms with Gasteiger partial charge in [0.15, 0.2) is 0 Å². The van der Waals surface area contributed by atoms with Crippen LogP contribution in [-0.4, -0.2) is 25.0 Å². The van der Waals surface area contributed by atoms with Crippen molar-refractivity contribution in [3.8, 4) is 0 Å². The molecule has 0 spiro atoms. The number of para-hydroxylation sites is 1. The molecule has 0 bridgehead atoms. The summed E-state index contributed by atoms with van der Waals surface area (Å²) in [5, 5.41) is 8.36. The third-order valence-corrected chi connectivity index (χ3v) is 3.16. The van der Waals surface area contributed by atoms with Crippen LogP contribution in [0.3, 0.4) is 0 Å². The smallest absolute Gasteiger partial charge is 0.314 e. The maximum atomic E-state index is 11.8. The van der Waals surface area contributed by atoms with Crippen LogP contribution < -0.4 is 16.0 Å². The van der Waals surface area contributed by atoms with Crippen LogP contribution in [0, 0.1) is 0 Å². The summed E-state index contributed by atoms with van der Waals surface area (Å²) in [5.74, 6) is -0.153. The summed E-state index contributed by atoms with van der Waals surface area (Å²) in [5.41, 5.74) is 1.90. The van der Waals surface area contributed by atoms with Crippen LogP contribution in [0.2, 0.25) is 0 Å². The highest BCUT2D eigenvalue weighted by Gasteiger charge is 2.29. The van der Waals surface area contributed by atoms with Gasteiger partial charge in [-0.15, -0.1) is 0 Å². The molecule has 2 rings (SSSR count). The molecule has 0 aromatic heterocycles. The van der Waals surface area contributed by atoms with Crippen molar-refractivity contribution in [2.45, 2.75) is 25.7 Å². The SMILES string of the molecule is CCCNC(=O)NCCC1C(=O)Nc2ccccc21. The molecule has 5 heteroatoms. The number of fused-ring (bicyclic) bond motifs is 1. The summed E-state index contributed by atoms with van der Waals surface area (Å²) in [6, 6.07) is 7.50. The number of carbonyl (C=O) groups is 2. The minimum Gasteiger partial charge on any atom is -0.338 e. The van der Waals surface area contributed by atoms with Gasteiger partial charge in [0.05, 0.1) is 5.92 Å². The van der Waals surface area contributed by atoms with E-state index in [2.05, 4.69) is 16.0 Å². The molecule has 0 saturated heterocycles. The fourth-order valence-electron chi connectivity index (χ4n) is 2.19. The highest BCUT2D eigenvalue weighted by atomic mass is 16.2. The summed E-state index contributed by atoms with van der Waals surface area (Å²) in [6.45, 7) is 3.15. The van der Waals surface area contributed by atoms with Crippen LogP contribution in [-0.2, 0) is 4.79 Å². The number of hydrogen-bond acceptors (Lipinski definition) is 2. The van der Waals surface area contributed by atoms with E-state index in [-0.39, 0.29) is 17.9 Å². The van der Waals surface area contributed by atoms with Gasteiger partial charge in [-0.1, -0.05) is 25.1 Å². The number of nitrogens with one attached hydrogen (secondary N) is 3. The molecule has 5 nitrogen and oxygen atoms in total. The second-order valence-corrected chi connectivity index (χ2v) is 4.60. The first kappa shape index (κ1) is 13.4. The van der Waals surface area contributed by atoms with Gasteiger partial charge in [0, 0.05) is 18.8 Å². The average molecular weight is 261 g/mol. The van der Waals surface area contributed by atoms with Crippen molar-refractivity contribution < 1.29 is 9.59 Å². The van der Waals surface area contributed by atoms with Crippen LogP contribution in [0.4, 0.5) is 10.5 Å². The Hall–Kier alpha value is -2.04. The van der Waals surface area contributed by atoms with Crippen molar-refractivity contribution in [2.24, 2.45) is 0 Å². The van der Waals surface area contributed by atoms with E-state index >= 15 is 0 Å². The van der Waals surface area contributed by atoms with Crippen LogP contribution >= 0.6 is 0 Å². The summed E-state index contributed by atoms with van der Waals surface area (Å²) in [6.07, 6.45) is 1.52. The van der Waals surface area contributed by atoms with Crippen molar-refractivity contribution in [3.63, 3.8) is 0 Å². The Labute approximate surface area is 112 Å². The highest BCUT2D eigenvalue weighted by Crippen LogP contribution is 2.33. The monoisotopic (exact) mass is 261 g/mol. The van der Waals surface area contributed by atoms with Gasteiger partial charge in [0.1, 0.15) is 0 Å². The lowest BCUT2D eigenvalue weighted by Gasteiger charge is -2.10. The van der Waals surface area contributed by atoms with Crippen LogP contribution in [0.5, 0.6) is 0 Å². The standard InChI is InChI=1S/C14H19N3O2/c1-2-8-15-14(19)16-9-7-11-10-5-3-4-6-12(10)17-13(11)18/h3-6,11H,2,7-9H2,1H3,(H,17,18)(H2,15,16,19). The zero-order chi connectivity index (χ0) is 13.7. The largest absolute Gasteiger partial charge is 0.338 e. The van der Waals surface area contributed by atoms with E-state index in [1.807, 2.05) is 31.2 Å². The lowest BCUT2D eigenvalue weighted by atomic mass is 9.97. The van der Waals surface area contributed by atoms with Crippen LogP contribution in [0.1, 0.15) is 31.2 Å². The molecule has 1 aliphatic heterocycles. The van der Waals surface area contributed by atoms with Crippen molar-refractivity contribution in [1.82, 2.24) is 10.6 Å². The first-order chi connectivity index (χ1) is 9.22. The molecule has 0 fully saturated rings. The van der Waals surface area contributed by atoms with E-state index in [0.29, 0.717) is 19.5 Å². The minimum atomic E-state index is -0.173. The lowest BCUT2D eigenvalue weighted by molar-refractivity contribution is -0.117. The van der Waals surface area contributed by atoms with Gasteiger partial charge in [-0.05, 0) is 24.5 Å². The zero-order valence-electron chi connectivity index (χ0n) is 11.0. The summed E-state index contributed by atoms with van der Waals surface area (Å²) < 4.78 is 0. The second-order valence-electron chi connectivity index (χ2n) is 4.60. The number of hydrogen-bond donors (Lipinski definition) is 3. The van der Waals surface area contributed by atoms with Crippen molar-refractivity contribution in [2.75, 3.05) is 18.4 Å². The molecule has 1 aromatic rings. The van der Waals surface area contributed by atoms with E-state index in [1.54, 1.807) is 0 Å². The molecule has 0 aliphatic carbocycles. The van der Waals surface area contributed by atoms with Gasteiger partial charge in [-0.2, -0.15) is 0 Å². The topological polar surface area (TPSA) is 70.2 Å². The minimum absolute atomic E-state index is 0.0111. The maximum Gasteiger partial charge on any atom is 0.314 e. The third kappa shape index (κ3) is 3.24. The molecular formula is C14H19N3O2. The molecule has 3 N–H and O–H groups in total. The summed E-state index contributed by atoms with van der Waals surface area (Å²) >= 11 is 0. The predicted octanol–water partition coefficient (Wildman–Crippen LogP) is 1.82. The second kappa shape index (κ2) is 6.22. The van der Waals surface area contributed by atoms with Crippen molar-refractivity contribution >= 4 is 17.6 Å². The predicted molar refractivity (Wildman–Crippen MR) is 74.1 cm³/mol. The van der Waals surface area contributed by atoms with E-state index in [4.69, 9.17) is 0 Å². The number of anilines is 1. The highest BCUT2D eigenvalue weighted by molar-refractivity contribution is 6.02. The van der Waals surface area contributed by atoms with Gasteiger partial charge in [-0.3, -0.25) is 4.79 Å². The number of benzene rings is 1. The van der Waals surface area contributed by atoms with Crippen molar-refractivity contribution in [3.05, 3.63) is 29.8 Å². The Morgan fingerprint density at radius 3 is 2.79 bits per heavy atom. The van der Waals surface area contributed by atoms with Gasteiger partial charge < -0.3 is 16.0 Å². The molecule has 1 unspecified atom stereocenters. The van der Waals surface area contributed by atoms with Crippen molar-refractivity contribution in [1.29, 1.82) is 0 Å². The molecule has 1 aliphatic rings. The Kier molecular flexibility index (Phi) is 4.39. The number of rotatable bonds is 5. The fourth-order valence-corrected chi connectivity index (χ4v) is 2.19. The number of carbonyl (C=O) groups excluding carboxylic acids is 2. The van der Waals surface area contributed by atoms with Gasteiger partial charge >= 0.3 is 6.03 Å². The van der Waals surface area contributed by atoms with Gasteiger partial charge in [0.2, 0.25) is 5.91 Å². The first-order valence-electron chi connectivity index (χ1n) is 6.64. The van der Waals surface area contributed by atoms with E-state index in [0.717, 1.165) is 17.7 Å².